The lowest BCUT2D eigenvalue weighted by Crippen LogP contribution is -2.25. The van der Waals surface area contributed by atoms with E-state index >= 15 is 0 Å². The fraction of sp³-hybridized carbons (Fsp3) is 0.355. The van der Waals surface area contributed by atoms with E-state index in [0.717, 1.165) is 34.0 Å². The van der Waals surface area contributed by atoms with Crippen molar-refractivity contribution in [2.45, 2.75) is 52.0 Å². The van der Waals surface area contributed by atoms with Crippen LogP contribution in [0.4, 0.5) is 5.69 Å². The molecule has 192 valence electrons. The highest BCUT2D eigenvalue weighted by atomic mass is 16.5. The van der Waals surface area contributed by atoms with E-state index in [0.29, 0.717) is 32.7 Å². The molecule has 4 aromatic rings. The van der Waals surface area contributed by atoms with Gasteiger partial charge in [-0.1, -0.05) is 57.2 Å². The number of amides is 1. The Morgan fingerprint density at radius 1 is 0.946 bits per heavy atom. The maximum absolute atomic E-state index is 13.1. The summed E-state index contributed by atoms with van der Waals surface area (Å²) in [7, 11) is 0. The van der Waals surface area contributed by atoms with Crippen molar-refractivity contribution >= 4 is 22.6 Å². The first-order chi connectivity index (χ1) is 17.8. The number of para-hydroxylation sites is 4. The third-order valence-corrected chi connectivity index (χ3v) is 6.93. The zero-order valence-electron chi connectivity index (χ0n) is 22.1. The largest absolute Gasteiger partial charge is 0.492 e. The van der Waals surface area contributed by atoms with E-state index in [2.05, 4.69) is 43.5 Å². The Kier molecular flexibility index (Phi) is 6.92. The molecule has 1 aliphatic rings. The summed E-state index contributed by atoms with van der Waals surface area (Å²) in [5.74, 6) is 2.59. The SMILES string of the molecule is CCOc1ccccc1N1C[C@H](c2nc3ccccc3n2CCOc2ccc(C(C)(C)C)cc2)CC1=O. The Bertz CT molecular complexity index is 1390. The molecule has 3 aromatic carbocycles. The molecule has 6 heteroatoms. The number of ether oxygens (including phenoxy) is 2. The van der Waals surface area contributed by atoms with Crippen LogP contribution in [0.15, 0.2) is 72.8 Å². The van der Waals surface area contributed by atoms with Gasteiger partial charge in [0.15, 0.2) is 0 Å². The van der Waals surface area contributed by atoms with Gasteiger partial charge in [-0.25, -0.2) is 4.98 Å². The van der Waals surface area contributed by atoms with E-state index < -0.39 is 0 Å². The number of carbonyl (C=O) groups is 1. The number of anilines is 1. The van der Waals surface area contributed by atoms with Crippen LogP contribution < -0.4 is 14.4 Å². The van der Waals surface area contributed by atoms with Crippen LogP contribution >= 0.6 is 0 Å². The monoisotopic (exact) mass is 497 g/mol. The van der Waals surface area contributed by atoms with Crippen LogP contribution in [-0.4, -0.2) is 35.2 Å². The Balaban J connectivity index is 1.36. The van der Waals surface area contributed by atoms with E-state index in [1.54, 1.807) is 0 Å². The number of aromatic nitrogens is 2. The summed E-state index contributed by atoms with van der Waals surface area (Å²) in [5, 5.41) is 0. The lowest BCUT2D eigenvalue weighted by molar-refractivity contribution is -0.117. The molecule has 1 aliphatic heterocycles. The number of nitrogens with zero attached hydrogens (tertiary/aromatic N) is 3. The molecular weight excluding hydrogens is 462 g/mol. The van der Waals surface area contributed by atoms with Crippen LogP contribution in [0.25, 0.3) is 11.0 Å². The molecular formula is C31H35N3O3. The van der Waals surface area contributed by atoms with Gasteiger partial charge in [-0.2, -0.15) is 0 Å². The maximum Gasteiger partial charge on any atom is 0.227 e. The quantitative estimate of drug-likeness (QED) is 0.285. The summed E-state index contributed by atoms with van der Waals surface area (Å²) in [4.78, 5) is 20.0. The predicted molar refractivity (Wildman–Crippen MR) is 148 cm³/mol. The van der Waals surface area contributed by atoms with Gasteiger partial charge < -0.3 is 18.9 Å². The molecule has 0 bridgehead atoms. The van der Waals surface area contributed by atoms with Crippen molar-refractivity contribution in [3.63, 3.8) is 0 Å². The second kappa shape index (κ2) is 10.3. The third kappa shape index (κ3) is 5.19. The van der Waals surface area contributed by atoms with Crippen LogP contribution in [0.5, 0.6) is 11.5 Å². The standard InChI is InChI=1S/C31H35N3O3/c1-5-36-28-13-9-8-12-27(28)34-21-22(20-29(34)35)30-32-25-10-6-7-11-26(25)33(30)18-19-37-24-16-14-23(15-17-24)31(2,3)4/h6-17,22H,5,18-21H2,1-4H3/t22-/m1/s1. The minimum absolute atomic E-state index is 0.0133. The molecule has 0 unspecified atom stereocenters. The maximum atomic E-state index is 13.1. The molecule has 0 aliphatic carbocycles. The average molecular weight is 498 g/mol. The second-order valence-electron chi connectivity index (χ2n) is 10.5. The van der Waals surface area contributed by atoms with Crippen molar-refractivity contribution in [3.8, 4) is 11.5 Å². The molecule has 0 radical (unpaired) electrons. The van der Waals surface area contributed by atoms with Crippen LogP contribution in [-0.2, 0) is 16.8 Å². The first-order valence-corrected chi connectivity index (χ1v) is 13.1. The van der Waals surface area contributed by atoms with Gasteiger partial charge >= 0.3 is 0 Å². The number of hydrogen-bond acceptors (Lipinski definition) is 4. The Labute approximate surface area is 218 Å². The molecule has 1 saturated heterocycles. The Hall–Kier alpha value is -3.80. The van der Waals surface area contributed by atoms with Crippen LogP contribution in [0.2, 0.25) is 0 Å². The number of imidazole rings is 1. The zero-order valence-corrected chi connectivity index (χ0v) is 22.1. The third-order valence-electron chi connectivity index (χ3n) is 6.93. The highest BCUT2D eigenvalue weighted by Crippen LogP contribution is 2.37. The van der Waals surface area contributed by atoms with Crippen molar-refractivity contribution in [3.05, 3.63) is 84.2 Å². The highest BCUT2D eigenvalue weighted by Gasteiger charge is 2.36. The first-order valence-electron chi connectivity index (χ1n) is 13.1. The average Bonchev–Trinajstić information content (AvgIpc) is 3.45. The Morgan fingerprint density at radius 3 is 2.43 bits per heavy atom. The smallest absolute Gasteiger partial charge is 0.227 e. The second-order valence-corrected chi connectivity index (χ2v) is 10.5. The number of fused-ring (bicyclic) bond motifs is 1. The molecule has 1 amide bonds. The van der Waals surface area contributed by atoms with Crippen LogP contribution in [0, 0.1) is 0 Å². The number of rotatable bonds is 8. The summed E-state index contributed by atoms with van der Waals surface area (Å²) in [6.45, 7) is 10.9. The van der Waals surface area contributed by atoms with E-state index in [9.17, 15) is 4.79 Å². The summed E-state index contributed by atoms with van der Waals surface area (Å²) in [6.07, 6.45) is 0.416. The van der Waals surface area contributed by atoms with Crippen molar-refractivity contribution in [2.75, 3.05) is 24.7 Å². The summed E-state index contributed by atoms with van der Waals surface area (Å²) < 4.78 is 14.1. The summed E-state index contributed by atoms with van der Waals surface area (Å²) >= 11 is 0. The molecule has 5 rings (SSSR count). The lowest BCUT2D eigenvalue weighted by atomic mass is 9.87. The van der Waals surface area contributed by atoms with Crippen LogP contribution in [0.3, 0.4) is 0 Å². The summed E-state index contributed by atoms with van der Waals surface area (Å²) in [5.41, 5.74) is 4.21. The van der Waals surface area contributed by atoms with Gasteiger partial charge in [0.25, 0.3) is 0 Å². The van der Waals surface area contributed by atoms with Gasteiger partial charge in [0.2, 0.25) is 5.91 Å². The van der Waals surface area contributed by atoms with Gasteiger partial charge in [-0.3, -0.25) is 4.79 Å². The van der Waals surface area contributed by atoms with Crippen molar-refractivity contribution in [2.24, 2.45) is 0 Å². The number of carbonyl (C=O) groups excluding carboxylic acids is 1. The first kappa shape index (κ1) is 24.9. The van der Waals surface area contributed by atoms with Gasteiger partial charge in [0.1, 0.15) is 23.9 Å². The minimum Gasteiger partial charge on any atom is -0.492 e. The molecule has 37 heavy (non-hydrogen) atoms. The van der Waals surface area contributed by atoms with Gasteiger partial charge in [0, 0.05) is 18.9 Å². The van der Waals surface area contributed by atoms with Gasteiger partial charge in [-0.15, -0.1) is 0 Å². The lowest BCUT2D eigenvalue weighted by Gasteiger charge is -2.20. The zero-order chi connectivity index (χ0) is 26.0. The van der Waals surface area contributed by atoms with E-state index in [1.807, 2.05) is 66.4 Å². The molecule has 6 nitrogen and oxygen atoms in total. The topological polar surface area (TPSA) is 56.6 Å². The number of benzene rings is 3. The van der Waals surface area contributed by atoms with Crippen molar-refractivity contribution in [1.82, 2.24) is 9.55 Å². The molecule has 2 heterocycles. The fourth-order valence-corrected chi connectivity index (χ4v) is 5.02. The summed E-state index contributed by atoms with van der Waals surface area (Å²) in [6, 6.07) is 24.2. The molecule has 0 N–H and O–H groups in total. The Morgan fingerprint density at radius 2 is 1.68 bits per heavy atom. The number of hydrogen-bond donors (Lipinski definition) is 0. The fourth-order valence-electron chi connectivity index (χ4n) is 5.02. The van der Waals surface area contributed by atoms with Crippen molar-refractivity contribution in [1.29, 1.82) is 0 Å². The molecule has 1 fully saturated rings. The predicted octanol–water partition coefficient (Wildman–Crippen LogP) is 6.33. The molecule has 0 saturated carbocycles. The van der Waals surface area contributed by atoms with E-state index in [-0.39, 0.29) is 17.2 Å². The highest BCUT2D eigenvalue weighted by molar-refractivity contribution is 5.97. The van der Waals surface area contributed by atoms with Gasteiger partial charge in [-0.05, 0) is 54.3 Å². The minimum atomic E-state index is -0.0133. The van der Waals surface area contributed by atoms with E-state index in [4.69, 9.17) is 14.5 Å². The molecule has 1 atom stereocenters. The van der Waals surface area contributed by atoms with Crippen molar-refractivity contribution < 1.29 is 14.3 Å². The molecule has 1 aromatic heterocycles. The molecule has 0 spiro atoms. The van der Waals surface area contributed by atoms with Gasteiger partial charge in [0.05, 0.1) is 29.9 Å². The van der Waals surface area contributed by atoms with Crippen LogP contribution in [0.1, 0.15) is 51.4 Å². The normalized spacial score (nSPS) is 15.9. The van der Waals surface area contributed by atoms with E-state index in [1.165, 1.54) is 5.56 Å².